The van der Waals surface area contributed by atoms with Crippen LogP contribution in [0.1, 0.15) is 63.1 Å². The molecule has 1 fully saturated rings. The topological polar surface area (TPSA) is 25.2 Å². The van der Waals surface area contributed by atoms with E-state index in [9.17, 15) is 4.79 Å². The quantitative estimate of drug-likeness (QED) is 0.697. The second kappa shape index (κ2) is 8.89. The predicted octanol–water partition coefficient (Wildman–Crippen LogP) is 5.00. The van der Waals surface area contributed by atoms with Crippen molar-refractivity contribution in [2.75, 3.05) is 0 Å². The highest BCUT2D eigenvalue weighted by Gasteiger charge is 2.25. The van der Waals surface area contributed by atoms with Gasteiger partial charge in [0.05, 0.1) is 6.54 Å². The molecule has 2 aromatic rings. The highest BCUT2D eigenvalue weighted by Crippen LogP contribution is 2.25. The van der Waals surface area contributed by atoms with Crippen molar-refractivity contribution in [1.29, 1.82) is 0 Å². The van der Waals surface area contributed by atoms with Gasteiger partial charge >= 0.3 is 0 Å². The Morgan fingerprint density at radius 2 is 1.84 bits per heavy atom. The lowest BCUT2D eigenvalue weighted by molar-refractivity contribution is -0.135. The van der Waals surface area contributed by atoms with Crippen LogP contribution in [0, 0.1) is 0 Å². The van der Waals surface area contributed by atoms with Crippen LogP contribution in [0.4, 0.5) is 0 Å². The summed E-state index contributed by atoms with van der Waals surface area (Å²) in [7, 11) is 0. The number of hydrogen-bond donors (Lipinski definition) is 0. The van der Waals surface area contributed by atoms with Crippen LogP contribution in [0.25, 0.3) is 0 Å². The maximum Gasteiger partial charge on any atom is 0.223 e. The molecule has 134 valence electrons. The lowest BCUT2D eigenvalue weighted by atomic mass is 9.93. The largest absolute Gasteiger partial charge is 0.345 e. The van der Waals surface area contributed by atoms with Crippen molar-refractivity contribution in [2.24, 2.45) is 0 Å². The Hall–Kier alpha value is -2.03. The average molecular weight is 338 g/mol. The molecule has 0 unspecified atom stereocenters. The molecule has 0 N–H and O–H groups in total. The minimum atomic E-state index is 0.321. The van der Waals surface area contributed by atoms with E-state index in [1.807, 2.05) is 6.07 Å². The number of rotatable bonds is 7. The van der Waals surface area contributed by atoms with E-state index in [1.165, 1.54) is 30.5 Å². The first-order valence-corrected chi connectivity index (χ1v) is 9.75. The Morgan fingerprint density at radius 1 is 1.08 bits per heavy atom. The third kappa shape index (κ3) is 4.75. The lowest BCUT2D eigenvalue weighted by Gasteiger charge is -2.35. The fourth-order valence-electron chi connectivity index (χ4n) is 3.87. The van der Waals surface area contributed by atoms with Gasteiger partial charge in [-0.05, 0) is 37.0 Å². The smallest absolute Gasteiger partial charge is 0.223 e. The summed E-state index contributed by atoms with van der Waals surface area (Å²) in [6, 6.07) is 15.2. The van der Waals surface area contributed by atoms with Crippen molar-refractivity contribution < 1.29 is 4.79 Å². The third-order valence-corrected chi connectivity index (χ3v) is 5.25. The Bertz CT molecular complexity index is 656. The zero-order chi connectivity index (χ0) is 17.5. The SMILES string of the molecule is CCCC(=O)N(Cc1cccn1Cc1ccccc1)C1CCCCC1. The number of carbonyl (C=O) groups excluding carboxylic acids is 1. The van der Waals surface area contributed by atoms with Gasteiger partial charge in [-0.3, -0.25) is 4.79 Å². The monoisotopic (exact) mass is 338 g/mol. The fourth-order valence-corrected chi connectivity index (χ4v) is 3.87. The van der Waals surface area contributed by atoms with E-state index < -0.39 is 0 Å². The van der Waals surface area contributed by atoms with Gasteiger partial charge < -0.3 is 9.47 Å². The van der Waals surface area contributed by atoms with Gasteiger partial charge in [0.25, 0.3) is 0 Å². The molecule has 1 amide bonds. The van der Waals surface area contributed by atoms with Crippen LogP contribution in [0.5, 0.6) is 0 Å². The molecule has 0 spiro atoms. The highest BCUT2D eigenvalue weighted by molar-refractivity contribution is 5.76. The lowest BCUT2D eigenvalue weighted by Crippen LogP contribution is -2.41. The number of nitrogens with zero attached hydrogens (tertiary/aromatic N) is 2. The van der Waals surface area contributed by atoms with Gasteiger partial charge in [-0.15, -0.1) is 0 Å². The minimum absolute atomic E-state index is 0.321. The van der Waals surface area contributed by atoms with E-state index in [0.717, 1.165) is 32.4 Å². The van der Waals surface area contributed by atoms with Crippen molar-refractivity contribution in [3.63, 3.8) is 0 Å². The van der Waals surface area contributed by atoms with Crippen LogP contribution in [0.2, 0.25) is 0 Å². The zero-order valence-corrected chi connectivity index (χ0v) is 15.4. The predicted molar refractivity (Wildman–Crippen MR) is 102 cm³/mol. The molecule has 1 aliphatic rings. The van der Waals surface area contributed by atoms with Crippen LogP contribution in [0.15, 0.2) is 48.7 Å². The summed E-state index contributed by atoms with van der Waals surface area (Å²) in [6.07, 6.45) is 9.87. The summed E-state index contributed by atoms with van der Waals surface area (Å²) in [5.41, 5.74) is 2.53. The Kier molecular flexibility index (Phi) is 6.32. The number of benzene rings is 1. The summed E-state index contributed by atoms with van der Waals surface area (Å²) in [4.78, 5) is 14.9. The summed E-state index contributed by atoms with van der Waals surface area (Å²) in [6.45, 7) is 3.70. The molecular formula is C22H30N2O. The van der Waals surface area contributed by atoms with E-state index >= 15 is 0 Å². The summed E-state index contributed by atoms with van der Waals surface area (Å²) >= 11 is 0. The second-order valence-corrected chi connectivity index (χ2v) is 7.18. The van der Waals surface area contributed by atoms with Gasteiger partial charge in [0.1, 0.15) is 0 Å². The van der Waals surface area contributed by atoms with Crippen molar-refractivity contribution in [2.45, 2.75) is 71.0 Å². The molecule has 0 aliphatic heterocycles. The van der Waals surface area contributed by atoms with Crippen LogP contribution < -0.4 is 0 Å². The third-order valence-electron chi connectivity index (χ3n) is 5.25. The molecule has 0 saturated heterocycles. The van der Waals surface area contributed by atoms with Gasteiger partial charge in [-0.2, -0.15) is 0 Å². The molecule has 1 aliphatic carbocycles. The van der Waals surface area contributed by atoms with Gasteiger partial charge in [0.15, 0.2) is 0 Å². The van der Waals surface area contributed by atoms with Gasteiger partial charge in [-0.25, -0.2) is 0 Å². The molecule has 3 rings (SSSR count). The van der Waals surface area contributed by atoms with Crippen molar-refractivity contribution >= 4 is 5.91 Å². The number of hydrogen-bond acceptors (Lipinski definition) is 1. The first-order chi connectivity index (χ1) is 12.3. The molecule has 0 atom stereocenters. The standard InChI is InChI=1S/C22H30N2O/c1-2-10-22(25)24(20-13-7-4-8-14-20)18-21-15-9-16-23(21)17-19-11-5-3-6-12-19/h3,5-6,9,11-12,15-16,20H,2,4,7-8,10,13-14,17-18H2,1H3. The fraction of sp³-hybridized carbons (Fsp3) is 0.500. The molecule has 0 bridgehead atoms. The normalized spacial score (nSPS) is 15.2. The van der Waals surface area contributed by atoms with Crippen LogP contribution >= 0.6 is 0 Å². The summed E-state index contributed by atoms with van der Waals surface area (Å²) in [5.74, 6) is 0.321. The maximum absolute atomic E-state index is 12.8. The zero-order valence-electron chi connectivity index (χ0n) is 15.4. The van der Waals surface area contributed by atoms with Gasteiger partial charge in [-0.1, -0.05) is 56.5 Å². The molecule has 0 radical (unpaired) electrons. The van der Waals surface area contributed by atoms with Gasteiger partial charge in [0, 0.05) is 30.9 Å². The summed E-state index contributed by atoms with van der Waals surface area (Å²) in [5, 5.41) is 0. The first kappa shape index (κ1) is 17.8. The number of carbonyl (C=O) groups is 1. The number of amides is 1. The Balaban J connectivity index is 1.75. The van der Waals surface area contributed by atoms with E-state index in [1.54, 1.807) is 0 Å². The van der Waals surface area contributed by atoms with Crippen molar-refractivity contribution in [1.82, 2.24) is 9.47 Å². The van der Waals surface area contributed by atoms with Crippen LogP contribution in [-0.4, -0.2) is 21.4 Å². The number of aromatic nitrogens is 1. The molecule has 1 aromatic heterocycles. The van der Waals surface area contributed by atoms with E-state index in [4.69, 9.17) is 0 Å². The molecular weight excluding hydrogens is 308 g/mol. The molecule has 3 nitrogen and oxygen atoms in total. The van der Waals surface area contributed by atoms with Crippen LogP contribution in [-0.2, 0) is 17.9 Å². The molecule has 25 heavy (non-hydrogen) atoms. The van der Waals surface area contributed by atoms with E-state index in [-0.39, 0.29) is 0 Å². The molecule has 1 heterocycles. The Labute approximate surface area is 151 Å². The van der Waals surface area contributed by atoms with Crippen molar-refractivity contribution in [3.8, 4) is 0 Å². The first-order valence-electron chi connectivity index (χ1n) is 9.75. The summed E-state index contributed by atoms with van der Waals surface area (Å²) < 4.78 is 2.28. The maximum atomic E-state index is 12.8. The minimum Gasteiger partial charge on any atom is -0.345 e. The van der Waals surface area contributed by atoms with E-state index in [2.05, 4.69) is 59.0 Å². The van der Waals surface area contributed by atoms with Crippen molar-refractivity contribution in [3.05, 3.63) is 59.9 Å². The second-order valence-electron chi connectivity index (χ2n) is 7.18. The van der Waals surface area contributed by atoms with Crippen LogP contribution in [0.3, 0.4) is 0 Å². The van der Waals surface area contributed by atoms with Gasteiger partial charge in [0.2, 0.25) is 5.91 Å². The average Bonchev–Trinajstić information content (AvgIpc) is 3.08. The molecule has 1 saturated carbocycles. The highest BCUT2D eigenvalue weighted by atomic mass is 16.2. The van der Waals surface area contributed by atoms with E-state index in [0.29, 0.717) is 18.4 Å². The molecule has 1 aromatic carbocycles. The Morgan fingerprint density at radius 3 is 2.56 bits per heavy atom. The molecule has 3 heteroatoms.